The van der Waals surface area contributed by atoms with Gasteiger partial charge < -0.3 is 5.32 Å². The highest BCUT2D eigenvalue weighted by atomic mass is 32.2. The van der Waals surface area contributed by atoms with E-state index in [0.29, 0.717) is 11.7 Å². The molecule has 2 rings (SSSR count). The molecular formula is C13H18FN5S. The Morgan fingerprint density at radius 2 is 2.10 bits per heavy atom. The van der Waals surface area contributed by atoms with E-state index < -0.39 is 0 Å². The molecule has 0 spiro atoms. The van der Waals surface area contributed by atoms with Crippen molar-refractivity contribution in [1.82, 2.24) is 25.5 Å². The van der Waals surface area contributed by atoms with Crippen molar-refractivity contribution in [3.05, 3.63) is 29.6 Å². The van der Waals surface area contributed by atoms with E-state index in [1.165, 1.54) is 17.8 Å². The molecule has 0 aliphatic heterocycles. The van der Waals surface area contributed by atoms with E-state index in [1.807, 2.05) is 0 Å². The summed E-state index contributed by atoms with van der Waals surface area (Å²) in [6.45, 7) is 6.82. The van der Waals surface area contributed by atoms with Gasteiger partial charge in [0.25, 0.3) is 0 Å². The standard InChI is InChI=1S/C13H18FN5S/c1-13(2,3)15-8-9-7-10(14)5-6-11(9)20-12-16-17-18-19(12)4/h5-7,15H,8H2,1-4H3. The highest BCUT2D eigenvalue weighted by Gasteiger charge is 2.13. The van der Waals surface area contributed by atoms with Gasteiger partial charge in [-0.3, -0.25) is 0 Å². The van der Waals surface area contributed by atoms with Crippen molar-refractivity contribution >= 4 is 11.8 Å². The van der Waals surface area contributed by atoms with Crippen LogP contribution in [0.5, 0.6) is 0 Å². The predicted molar refractivity (Wildman–Crippen MR) is 75.9 cm³/mol. The molecule has 1 N–H and O–H groups in total. The number of hydrogen-bond donors (Lipinski definition) is 1. The van der Waals surface area contributed by atoms with Crippen LogP contribution in [0.4, 0.5) is 4.39 Å². The molecule has 1 aromatic heterocycles. The topological polar surface area (TPSA) is 55.6 Å². The first-order valence-electron chi connectivity index (χ1n) is 6.29. The molecule has 7 heteroatoms. The third-order valence-corrected chi connectivity index (χ3v) is 3.76. The summed E-state index contributed by atoms with van der Waals surface area (Å²) in [7, 11) is 1.78. The van der Waals surface area contributed by atoms with Crippen molar-refractivity contribution in [1.29, 1.82) is 0 Å². The van der Waals surface area contributed by atoms with Gasteiger partial charge in [-0.1, -0.05) is 0 Å². The number of aryl methyl sites for hydroxylation is 1. The Morgan fingerprint density at radius 3 is 2.70 bits per heavy atom. The van der Waals surface area contributed by atoms with E-state index in [9.17, 15) is 4.39 Å². The number of aromatic nitrogens is 4. The van der Waals surface area contributed by atoms with Gasteiger partial charge in [-0.05, 0) is 66.7 Å². The van der Waals surface area contributed by atoms with Crippen LogP contribution in [-0.2, 0) is 13.6 Å². The number of rotatable bonds is 4. The minimum Gasteiger partial charge on any atom is -0.308 e. The minimum atomic E-state index is -0.240. The lowest BCUT2D eigenvalue weighted by Gasteiger charge is -2.21. The second kappa shape index (κ2) is 5.88. The zero-order valence-electron chi connectivity index (χ0n) is 12.0. The fourth-order valence-corrected chi connectivity index (χ4v) is 2.39. The number of benzene rings is 1. The Hall–Kier alpha value is -1.47. The highest BCUT2D eigenvalue weighted by Crippen LogP contribution is 2.29. The third kappa shape index (κ3) is 4.01. The summed E-state index contributed by atoms with van der Waals surface area (Å²) in [5.41, 5.74) is 0.869. The van der Waals surface area contributed by atoms with Crippen molar-refractivity contribution in [2.75, 3.05) is 0 Å². The first kappa shape index (κ1) is 14.9. The molecule has 0 aliphatic rings. The lowest BCUT2D eigenvalue weighted by atomic mass is 10.1. The number of nitrogens with one attached hydrogen (secondary N) is 1. The number of hydrogen-bond acceptors (Lipinski definition) is 5. The minimum absolute atomic E-state index is 0.0272. The molecule has 108 valence electrons. The molecule has 1 aromatic carbocycles. The molecule has 0 radical (unpaired) electrons. The zero-order chi connectivity index (χ0) is 14.8. The second-order valence-corrected chi connectivity index (χ2v) is 6.55. The Labute approximate surface area is 122 Å². The molecule has 1 heterocycles. The number of tetrazole rings is 1. The molecule has 0 fully saturated rings. The van der Waals surface area contributed by atoms with Crippen molar-refractivity contribution in [3.63, 3.8) is 0 Å². The van der Waals surface area contributed by atoms with Gasteiger partial charge in [0.05, 0.1) is 0 Å². The maximum atomic E-state index is 13.4. The Bertz CT molecular complexity index is 591. The molecule has 0 saturated carbocycles. The number of nitrogens with zero attached hydrogens (tertiary/aromatic N) is 4. The second-order valence-electron chi connectivity index (χ2n) is 5.54. The van der Waals surface area contributed by atoms with Crippen LogP contribution in [0.3, 0.4) is 0 Å². The fourth-order valence-electron chi connectivity index (χ4n) is 1.55. The number of halogens is 1. The van der Waals surface area contributed by atoms with E-state index in [2.05, 4.69) is 41.6 Å². The van der Waals surface area contributed by atoms with Gasteiger partial charge in [0.15, 0.2) is 0 Å². The van der Waals surface area contributed by atoms with Crippen molar-refractivity contribution in [2.24, 2.45) is 7.05 Å². The average Bonchev–Trinajstić information content (AvgIpc) is 2.74. The normalized spacial score (nSPS) is 11.8. The molecular weight excluding hydrogens is 277 g/mol. The van der Waals surface area contributed by atoms with E-state index >= 15 is 0 Å². The van der Waals surface area contributed by atoms with Crippen LogP contribution in [0.25, 0.3) is 0 Å². The third-order valence-electron chi connectivity index (χ3n) is 2.61. The SMILES string of the molecule is Cn1nnnc1Sc1ccc(F)cc1CNC(C)(C)C. The largest absolute Gasteiger partial charge is 0.308 e. The smallest absolute Gasteiger partial charge is 0.213 e. The van der Waals surface area contributed by atoms with Gasteiger partial charge in [0.1, 0.15) is 5.82 Å². The van der Waals surface area contributed by atoms with Crippen molar-refractivity contribution in [3.8, 4) is 0 Å². The molecule has 0 bridgehead atoms. The summed E-state index contributed by atoms with van der Waals surface area (Å²) in [5.74, 6) is -0.240. The van der Waals surface area contributed by atoms with E-state index in [1.54, 1.807) is 23.9 Å². The van der Waals surface area contributed by atoms with E-state index in [0.717, 1.165) is 10.5 Å². The summed E-state index contributed by atoms with van der Waals surface area (Å²) in [5, 5.41) is 15.4. The molecule has 2 aromatic rings. The monoisotopic (exact) mass is 295 g/mol. The Balaban J connectivity index is 2.21. The van der Waals surface area contributed by atoms with Gasteiger partial charge in [0.2, 0.25) is 5.16 Å². The lowest BCUT2D eigenvalue weighted by molar-refractivity contribution is 0.422. The quantitative estimate of drug-likeness (QED) is 0.938. The van der Waals surface area contributed by atoms with E-state index in [4.69, 9.17) is 0 Å². The maximum absolute atomic E-state index is 13.4. The Kier molecular flexibility index (Phi) is 4.39. The first-order valence-corrected chi connectivity index (χ1v) is 7.10. The van der Waals surface area contributed by atoms with Gasteiger partial charge >= 0.3 is 0 Å². The maximum Gasteiger partial charge on any atom is 0.213 e. The van der Waals surface area contributed by atoms with Crippen LogP contribution in [0.1, 0.15) is 26.3 Å². The van der Waals surface area contributed by atoms with Crippen LogP contribution in [0.15, 0.2) is 28.3 Å². The van der Waals surface area contributed by atoms with E-state index in [-0.39, 0.29) is 11.4 Å². The summed E-state index contributed by atoms with van der Waals surface area (Å²) < 4.78 is 15.0. The van der Waals surface area contributed by atoms with Gasteiger partial charge in [-0.2, -0.15) is 0 Å². The fraction of sp³-hybridized carbons (Fsp3) is 0.462. The summed E-state index contributed by atoms with van der Waals surface area (Å²) in [4.78, 5) is 0.945. The van der Waals surface area contributed by atoms with Crippen molar-refractivity contribution < 1.29 is 4.39 Å². The lowest BCUT2D eigenvalue weighted by Crippen LogP contribution is -2.35. The van der Waals surface area contributed by atoms with Crippen LogP contribution < -0.4 is 5.32 Å². The summed E-state index contributed by atoms with van der Waals surface area (Å²) in [6.07, 6.45) is 0. The molecule has 5 nitrogen and oxygen atoms in total. The molecule has 0 amide bonds. The predicted octanol–water partition coefficient (Wildman–Crippen LogP) is 2.39. The molecule has 0 aliphatic carbocycles. The van der Waals surface area contributed by atoms with Gasteiger partial charge in [-0.25, -0.2) is 9.07 Å². The summed E-state index contributed by atoms with van der Waals surface area (Å²) in [6, 6.07) is 4.76. The van der Waals surface area contributed by atoms with Crippen LogP contribution in [0.2, 0.25) is 0 Å². The van der Waals surface area contributed by atoms with Gasteiger partial charge in [0, 0.05) is 24.0 Å². The van der Waals surface area contributed by atoms with Gasteiger partial charge in [-0.15, -0.1) is 5.10 Å². The van der Waals surface area contributed by atoms with Crippen molar-refractivity contribution in [2.45, 2.75) is 42.9 Å². The van der Waals surface area contributed by atoms with Crippen LogP contribution in [-0.4, -0.2) is 25.7 Å². The molecule has 0 saturated heterocycles. The van der Waals surface area contributed by atoms with Crippen LogP contribution >= 0.6 is 11.8 Å². The Morgan fingerprint density at radius 1 is 1.35 bits per heavy atom. The molecule has 0 unspecified atom stereocenters. The first-order chi connectivity index (χ1) is 9.35. The highest BCUT2D eigenvalue weighted by molar-refractivity contribution is 7.99. The average molecular weight is 295 g/mol. The van der Waals surface area contributed by atoms with Crippen LogP contribution in [0, 0.1) is 5.82 Å². The molecule has 20 heavy (non-hydrogen) atoms. The summed E-state index contributed by atoms with van der Waals surface area (Å²) >= 11 is 1.43. The molecule has 0 atom stereocenters. The zero-order valence-corrected chi connectivity index (χ0v) is 12.8.